The first-order valence-electron chi connectivity index (χ1n) is 7.00. The number of pyridine rings is 1. The van der Waals surface area contributed by atoms with Gasteiger partial charge in [0.2, 0.25) is 0 Å². The minimum Gasteiger partial charge on any atom is -0.508 e. The lowest BCUT2D eigenvalue weighted by Crippen LogP contribution is -2.09. The summed E-state index contributed by atoms with van der Waals surface area (Å²) in [4.78, 5) is 28.0. The van der Waals surface area contributed by atoms with Gasteiger partial charge >= 0.3 is 11.6 Å². The van der Waals surface area contributed by atoms with E-state index in [2.05, 4.69) is 4.98 Å². The molecule has 0 radical (unpaired) electrons. The molecule has 0 saturated carbocycles. The third-order valence-corrected chi connectivity index (χ3v) is 4.07. The van der Waals surface area contributed by atoms with E-state index in [0.29, 0.717) is 21.5 Å². The molecular formula is C17H13NO5S. The van der Waals surface area contributed by atoms with Crippen LogP contribution in [0.2, 0.25) is 0 Å². The molecule has 0 atom stereocenters. The van der Waals surface area contributed by atoms with Crippen LogP contribution in [-0.2, 0) is 11.3 Å². The first kappa shape index (κ1) is 16.1. The van der Waals surface area contributed by atoms with Gasteiger partial charge in [-0.25, -0.2) is 14.6 Å². The van der Waals surface area contributed by atoms with Crippen molar-refractivity contribution >= 4 is 28.7 Å². The summed E-state index contributed by atoms with van der Waals surface area (Å²) in [6.45, 7) is -0.0889. The third-order valence-electron chi connectivity index (χ3n) is 3.36. The van der Waals surface area contributed by atoms with Crippen LogP contribution < -0.4 is 5.63 Å². The number of fused-ring (bicyclic) bond motifs is 1. The fourth-order valence-electron chi connectivity index (χ4n) is 2.27. The molecule has 1 N–H and O–H groups in total. The molecule has 3 aromatic rings. The molecule has 0 aliphatic rings. The molecule has 2 heterocycles. The Morgan fingerprint density at radius 1 is 1.33 bits per heavy atom. The zero-order chi connectivity index (χ0) is 17.1. The smallest absolute Gasteiger partial charge is 0.341 e. The van der Waals surface area contributed by atoms with E-state index in [1.54, 1.807) is 24.4 Å². The van der Waals surface area contributed by atoms with Crippen molar-refractivity contribution in [3.8, 4) is 5.75 Å². The minimum atomic E-state index is -0.578. The molecular weight excluding hydrogens is 330 g/mol. The molecule has 7 heteroatoms. The number of carbonyl (C=O) groups is 1. The van der Waals surface area contributed by atoms with Gasteiger partial charge in [-0.15, -0.1) is 11.8 Å². The van der Waals surface area contributed by atoms with E-state index < -0.39 is 11.6 Å². The van der Waals surface area contributed by atoms with Gasteiger partial charge in [0, 0.05) is 29.3 Å². The number of phenols is 1. The molecule has 122 valence electrons. The highest BCUT2D eigenvalue weighted by atomic mass is 32.2. The first-order valence-corrected chi connectivity index (χ1v) is 8.23. The molecule has 0 unspecified atom stereocenters. The zero-order valence-electron chi connectivity index (χ0n) is 12.7. The van der Waals surface area contributed by atoms with Crippen molar-refractivity contribution in [1.29, 1.82) is 0 Å². The second kappa shape index (κ2) is 6.76. The van der Waals surface area contributed by atoms with Crippen LogP contribution in [0.1, 0.15) is 15.9 Å². The predicted molar refractivity (Wildman–Crippen MR) is 89.3 cm³/mol. The number of aromatic nitrogens is 1. The number of carbonyl (C=O) groups excluding carboxylic acids is 1. The average Bonchev–Trinajstić information content (AvgIpc) is 2.58. The number of rotatable bonds is 4. The second-order valence-electron chi connectivity index (χ2n) is 4.91. The van der Waals surface area contributed by atoms with Crippen LogP contribution in [0.3, 0.4) is 0 Å². The maximum absolute atomic E-state index is 12.3. The van der Waals surface area contributed by atoms with Crippen LogP contribution >= 0.6 is 11.8 Å². The number of hydrogen-bond donors (Lipinski definition) is 1. The number of hydrogen-bond acceptors (Lipinski definition) is 7. The van der Waals surface area contributed by atoms with Gasteiger partial charge in [-0.2, -0.15) is 0 Å². The monoisotopic (exact) mass is 343 g/mol. The van der Waals surface area contributed by atoms with Crippen molar-refractivity contribution in [3.05, 3.63) is 64.1 Å². The quantitative estimate of drug-likeness (QED) is 0.442. The van der Waals surface area contributed by atoms with Gasteiger partial charge < -0.3 is 14.3 Å². The van der Waals surface area contributed by atoms with Gasteiger partial charge in [0.25, 0.3) is 0 Å². The summed E-state index contributed by atoms with van der Waals surface area (Å²) in [5.41, 5.74) is 0.532. The van der Waals surface area contributed by atoms with E-state index in [9.17, 15) is 14.7 Å². The standard InChI is InChI=1S/C17H13NO5S/c1-24-16-13(3-2-6-18-16)17(21)22-9-10-7-15(20)23-14-8-11(19)4-5-12(10)14/h2-8,19H,9H2,1H3. The van der Waals surface area contributed by atoms with Crippen molar-refractivity contribution in [2.75, 3.05) is 6.26 Å². The molecule has 6 nitrogen and oxygen atoms in total. The molecule has 1 aromatic carbocycles. The molecule has 3 rings (SSSR count). The Hall–Kier alpha value is -2.80. The van der Waals surface area contributed by atoms with E-state index in [1.807, 2.05) is 6.26 Å². The fraction of sp³-hybridized carbons (Fsp3) is 0.118. The zero-order valence-corrected chi connectivity index (χ0v) is 13.5. The Bertz CT molecular complexity index is 967. The summed E-state index contributed by atoms with van der Waals surface area (Å²) in [6, 6.07) is 8.98. The minimum absolute atomic E-state index is 0.0141. The average molecular weight is 343 g/mol. The van der Waals surface area contributed by atoms with Crippen molar-refractivity contribution in [2.45, 2.75) is 11.6 Å². The molecule has 0 aliphatic carbocycles. The molecule has 0 bridgehead atoms. The SMILES string of the molecule is CSc1ncccc1C(=O)OCc1cc(=O)oc2cc(O)ccc12. The van der Waals surface area contributed by atoms with Gasteiger partial charge in [-0.3, -0.25) is 0 Å². The van der Waals surface area contributed by atoms with Gasteiger partial charge in [0.15, 0.2) is 0 Å². The highest BCUT2D eigenvalue weighted by Crippen LogP contribution is 2.23. The number of phenolic OH excluding ortho intramolecular Hbond substituents is 1. The number of benzene rings is 1. The lowest BCUT2D eigenvalue weighted by atomic mass is 10.1. The van der Waals surface area contributed by atoms with Gasteiger partial charge in [-0.1, -0.05) is 0 Å². The second-order valence-corrected chi connectivity index (χ2v) is 5.70. The summed E-state index contributed by atoms with van der Waals surface area (Å²) < 4.78 is 10.4. The lowest BCUT2D eigenvalue weighted by Gasteiger charge is -2.09. The first-order chi connectivity index (χ1) is 11.6. The van der Waals surface area contributed by atoms with Crippen LogP contribution in [0.4, 0.5) is 0 Å². The Kier molecular flexibility index (Phi) is 4.52. The fourth-order valence-corrected chi connectivity index (χ4v) is 2.81. The topological polar surface area (TPSA) is 89.6 Å². The van der Waals surface area contributed by atoms with Gasteiger partial charge in [-0.05, 0) is 30.5 Å². The largest absolute Gasteiger partial charge is 0.508 e. The third kappa shape index (κ3) is 3.26. The molecule has 0 fully saturated rings. The van der Waals surface area contributed by atoms with Crippen molar-refractivity contribution < 1.29 is 19.1 Å². The number of thioether (sulfide) groups is 1. The maximum Gasteiger partial charge on any atom is 0.341 e. The van der Waals surface area contributed by atoms with E-state index in [4.69, 9.17) is 9.15 Å². The highest BCUT2D eigenvalue weighted by molar-refractivity contribution is 7.98. The molecule has 0 saturated heterocycles. The van der Waals surface area contributed by atoms with E-state index >= 15 is 0 Å². The summed E-state index contributed by atoms with van der Waals surface area (Å²) in [7, 11) is 0. The van der Waals surface area contributed by atoms with Crippen molar-refractivity contribution in [3.63, 3.8) is 0 Å². The van der Waals surface area contributed by atoms with Gasteiger partial charge in [0.05, 0.1) is 5.56 Å². The molecule has 2 aromatic heterocycles. The van der Waals surface area contributed by atoms with Crippen LogP contribution in [0, 0.1) is 0 Å². The Morgan fingerprint density at radius 3 is 2.96 bits per heavy atom. The number of nitrogens with zero attached hydrogens (tertiary/aromatic N) is 1. The number of aromatic hydroxyl groups is 1. The van der Waals surface area contributed by atoms with Crippen molar-refractivity contribution in [1.82, 2.24) is 4.98 Å². The summed E-state index contributed by atoms with van der Waals surface area (Å²) in [5.74, 6) is -0.535. The molecule has 24 heavy (non-hydrogen) atoms. The lowest BCUT2D eigenvalue weighted by molar-refractivity contribution is 0.0468. The maximum atomic E-state index is 12.3. The van der Waals surface area contributed by atoms with E-state index in [0.717, 1.165) is 0 Å². The van der Waals surface area contributed by atoms with Crippen LogP contribution in [0.25, 0.3) is 11.0 Å². The predicted octanol–water partition coefficient (Wildman–Crippen LogP) is 2.97. The Balaban J connectivity index is 1.88. The Labute approximate surface area is 141 Å². The molecule has 0 amide bonds. The Morgan fingerprint density at radius 2 is 2.17 bits per heavy atom. The normalized spacial score (nSPS) is 10.7. The number of esters is 1. The van der Waals surface area contributed by atoms with Crippen LogP contribution in [0.5, 0.6) is 5.75 Å². The summed E-state index contributed by atoms with van der Waals surface area (Å²) >= 11 is 1.35. The highest BCUT2D eigenvalue weighted by Gasteiger charge is 2.14. The van der Waals surface area contributed by atoms with Crippen LogP contribution in [0.15, 0.2) is 56.8 Å². The van der Waals surface area contributed by atoms with Crippen molar-refractivity contribution in [2.24, 2.45) is 0 Å². The number of ether oxygens (including phenoxy) is 1. The molecule has 0 aliphatic heterocycles. The van der Waals surface area contributed by atoms with Gasteiger partial charge in [0.1, 0.15) is 23.0 Å². The molecule has 0 spiro atoms. The van der Waals surface area contributed by atoms with Crippen LogP contribution in [-0.4, -0.2) is 22.3 Å². The van der Waals surface area contributed by atoms with E-state index in [1.165, 1.54) is 30.0 Å². The summed E-state index contributed by atoms with van der Waals surface area (Å²) in [5, 5.41) is 10.6. The summed E-state index contributed by atoms with van der Waals surface area (Å²) in [6.07, 6.45) is 3.42. The van der Waals surface area contributed by atoms with E-state index in [-0.39, 0.29) is 17.9 Å².